The maximum Gasteiger partial charge on any atom is 0.417 e. The van der Waals surface area contributed by atoms with E-state index < -0.39 is 36.2 Å². The summed E-state index contributed by atoms with van der Waals surface area (Å²) in [7, 11) is 0. The average Bonchev–Trinajstić information content (AvgIpc) is 2.31. The maximum atomic E-state index is 13.3. The molecule has 1 atom stereocenters. The molecule has 19 heavy (non-hydrogen) atoms. The Bertz CT molecular complexity index is 548. The topological polar surface area (TPSA) is 40.5 Å². The van der Waals surface area contributed by atoms with Crippen LogP contribution >= 0.6 is 0 Å². The number of phenols is 1. The zero-order valence-electron chi connectivity index (χ0n) is 10.1. The minimum Gasteiger partial charge on any atom is -0.504 e. The van der Waals surface area contributed by atoms with E-state index in [0.29, 0.717) is 0 Å². The van der Waals surface area contributed by atoms with Crippen molar-refractivity contribution in [1.29, 1.82) is 0 Å². The lowest BCUT2D eigenvalue weighted by atomic mass is 9.76. The molecule has 0 saturated heterocycles. The molecule has 1 aliphatic rings. The number of phenolic OH excluding ortho intramolecular Hbond substituents is 1. The smallest absolute Gasteiger partial charge is 0.417 e. The number of rotatable bonds is 0. The standard InChI is InChI=1S/C13H12F4O2/c1-2-7-5-12(19,13(15,16)17)6-8-3-4-9(14)11(18)10(7)8/h2-4,18-19H,5-6H2,1H3. The van der Waals surface area contributed by atoms with Crippen LogP contribution in [-0.4, -0.2) is 22.0 Å². The molecule has 0 heterocycles. The molecule has 2 rings (SSSR count). The summed E-state index contributed by atoms with van der Waals surface area (Å²) in [5.74, 6) is -1.56. The van der Waals surface area contributed by atoms with Gasteiger partial charge in [-0.3, -0.25) is 0 Å². The third-order valence-electron chi connectivity index (χ3n) is 3.38. The van der Waals surface area contributed by atoms with Crippen LogP contribution < -0.4 is 0 Å². The van der Waals surface area contributed by atoms with E-state index in [1.54, 1.807) is 0 Å². The van der Waals surface area contributed by atoms with Crippen molar-refractivity contribution in [2.24, 2.45) is 0 Å². The molecule has 0 spiro atoms. The fraction of sp³-hybridized carbons (Fsp3) is 0.385. The number of allylic oxidation sites excluding steroid dienone is 1. The fourth-order valence-electron chi connectivity index (χ4n) is 2.34. The van der Waals surface area contributed by atoms with Crippen LogP contribution in [0.4, 0.5) is 17.6 Å². The second-order valence-electron chi connectivity index (χ2n) is 4.63. The number of halogens is 4. The van der Waals surface area contributed by atoms with Gasteiger partial charge in [0.1, 0.15) is 0 Å². The Morgan fingerprint density at radius 3 is 2.42 bits per heavy atom. The highest BCUT2D eigenvalue weighted by molar-refractivity contribution is 5.75. The Morgan fingerprint density at radius 2 is 1.89 bits per heavy atom. The molecule has 0 radical (unpaired) electrons. The first kappa shape index (κ1) is 13.9. The normalized spacial score (nSPS) is 25.5. The molecule has 1 unspecified atom stereocenters. The van der Waals surface area contributed by atoms with Gasteiger partial charge in [-0.2, -0.15) is 13.2 Å². The highest BCUT2D eigenvalue weighted by atomic mass is 19.4. The van der Waals surface area contributed by atoms with Gasteiger partial charge in [0.25, 0.3) is 0 Å². The summed E-state index contributed by atoms with van der Waals surface area (Å²) in [6.45, 7) is 1.48. The van der Waals surface area contributed by atoms with Crippen molar-refractivity contribution in [3.63, 3.8) is 0 Å². The van der Waals surface area contributed by atoms with E-state index >= 15 is 0 Å². The van der Waals surface area contributed by atoms with Crippen LogP contribution in [0.3, 0.4) is 0 Å². The largest absolute Gasteiger partial charge is 0.504 e. The lowest BCUT2D eigenvalue weighted by Crippen LogP contribution is -2.49. The predicted octanol–water partition coefficient (Wildman–Crippen LogP) is 3.17. The highest BCUT2D eigenvalue weighted by Gasteiger charge is 2.55. The Morgan fingerprint density at radius 1 is 1.26 bits per heavy atom. The predicted molar refractivity (Wildman–Crippen MR) is 61.0 cm³/mol. The molecule has 0 saturated carbocycles. The van der Waals surface area contributed by atoms with Crippen LogP contribution in [0.2, 0.25) is 0 Å². The van der Waals surface area contributed by atoms with Crippen LogP contribution in [0.15, 0.2) is 18.2 Å². The van der Waals surface area contributed by atoms with Gasteiger partial charge in [-0.1, -0.05) is 12.1 Å². The maximum absolute atomic E-state index is 13.3. The number of benzene rings is 1. The van der Waals surface area contributed by atoms with Gasteiger partial charge in [-0.25, -0.2) is 4.39 Å². The van der Waals surface area contributed by atoms with Gasteiger partial charge in [0.15, 0.2) is 17.2 Å². The van der Waals surface area contributed by atoms with E-state index in [-0.39, 0.29) is 16.7 Å². The molecule has 0 aliphatic heterocycles. The number of aliphatic hydroxyl groups is 1. The number of hydrogen-bond donors (Lipinski definition) is 2. The third-order valence-corrected chi connectivity index (χ3v) is 3.38. The first-order valence-electron chi connectivity index (χ1n) is 5.64. The third kappa shape index (κ3) is 2.10. The number of aromatic hydroxyl groups is 1. The summed E-state index contributed by atoms with van der Waals surface area (Å²) < 4.78 is 52.0. The molecule has 104 valence electrons. The second-order valence-corrected chi connectivity index (χ2v) is 4.63. The number of hydrogen-bond acceptors (Lipinski definition) is 2. The second kappa shape index (κ2) is 4.23. The lowest BCUT2D eigenvalue weighted by Gasteiger charge is -2.36. The number of alkyl halides is 3. The molecular formula is C13H12F4O2. The molecule has 0 bridgehead atoms. The summed E-state index contributed by atoms with van der Waals surface area (Å²) in [5.41, 5.74) is -2.67. The summed E-state index contributed by atoms with van der Waals surface area (Å²) in [4.78, 5) is 0. The first-order chi connectivity index (χ1) is 8.69. The van der Waals surface area contributed by atoms with Crippen molar-refractivity contribution in [2.45, 2.75) is 31.5 Å². The molecule has 1 aromatic carbocycles. The molecule has 1 aliphatic carbocycles. The van der Waals surface area contributed by atoms with Gasteiger partial charge >= 0.3 is 6.18 Å². The van der Waals surface area contributed by atoms with Gasteiger partial charge in [0.05, 0.1) is 0 Å². The minimum absolute atomic E-state index is 0.0522. The van der Waals surface area contributed by atoms with E-state index in [2.05, 4.69) is 0 Å². The minimum atomic E-state index is -4.79. The monoisotopic (exact) mass is 276 g/mol. The molecule has 2 N–H and O–H groups in total. The fourth-order valence-corrected chi connectivity index (χ4v) is 2.34. The van der Waals surface area contributed by atoms with Crippen LogP contribution in [0.1, 0.15) is 24.5 Å². The van der Waals surface area contributed by atoms with E-state index in [1.807, 2.05) is 0 Å². The van der Waals surface area contributed by atoms with E-state index in [9.17, 15) is 27.8 Å². The summed E-state index contributed by atoms with van der Waals surface area (Å²) in [5, 5.41) is 19.4. The average molecular weight is 276 g/mol. The van der Waals surface area contributed by atoms with E-state index in [1.165, 1.54) is 13.0 Å². The van der Waals surface area contributed by atoms with Crippen molar-refractivity contribution >= 4 is 5.57 Å². The highest BCUT2D eigenvalue weighted by Crippen LogP contribution is 2.47. The molecule has 0 amide bonds. The van der Waals surface area contributed by atoms with Crippen molar-refractivity contribution in [2.75, 3.05) is 0 Å². The molecular weight excluding hydrogens is 264 g/mol. The number of fused-ring (bicyclic) bond motifs is 1. The lowest BCUT2D eigenvalue weighted by molar-refractivity contribution is -0.258. The van der Waals surface area contributed by atoms with Gasteiger partial charge < -0.3 is 10.2 Å². The Hall–Kier alpha value is -1.56. The summed E-state index contributed by atoms with van der Waals surface area (Å²) in [6.07, 6.45) is -4.84. The zero-order valence-corrected chi connectivity index (χ0v) is 10.1. The van der Waals surface area contributed by atoms with Crippen LogP contribution in [0, 0.1) is 5.82 Å². The Balaban J connectivity index is 2.62. The van der Waals surface area contributed by atoms with Crippen LogP contribution in [0.25, 0.3) is 5.57 Å². The van der Waals surface area contributed by atoms with Crippen LogP contribution in [-0.2, 0) is 6.42 Å². The van der Waals surface area contributed by atoms with Gasteiger partial charge in [0, 0.05) is 18.4 Å². The quantitative estimate of drug-likeness (QED) is 0.714. The molecule has 6 heteroatoms. The Kier molecular flexibility index (Phi) is 3.09. The Labute approximate surface area is 107 Å². The molecule has 0 fully saturated rings. The molecule has 1 aromatic rings. The van der Waals surface area contributed by atoms with E-state index in [4.69, 9.17) is 0 Å². The van der Waals surface area contributed by atoms with Crippen molar-refractivity contribution < 1.29 is 27.8 Å². The van der Waals surface area contributed by atoms with Crippen molar-refractivity contribution in [3.8, 4) is 5.75 Å². The van der Waals surface area contributed by atoms with E-state index in [0.717, 1.165) is 12.1 Å². The van der Waals surface area contributed by atoms with Gasteiger partial charge in [0.2, 0.25) is 0 Å². The van der Waals surface area contributed by atoms with Gasteiger partial charge in [-0.05, 0) is 24.1 Å². The van der Waals surface area contributed by atoms with Crippen molar-refractivity contribution in [1.82, 2.24) is 0 Å². The first-order valence-corrected chi connectivity index (χ1v) is 5.64. The SMILES string of the molecule is CC=C1CC(O)(C(F)(F)F)Cc2ccc(F)c(O)c21. The summed E-state index contributed by atoms with van der Waals surface area (Å²) >= 11 is 0. The molecule has 2 nitrogen and oxygen atoms in total. The van der Waals surface area contributed by atoms with Gasteiger partial charge in [-0.15, -0.1) is 0 Å². The van der Waals surface area contributed by atoms with Crippen molar-refractivity contribution in [3.05, 3.63) is 35.2 Å². The zero-order chi connectivity index (χ0) is 14.4. The molecule has 0 aromatic heterocycles. The van der Waals surface area contributed by atoms with Crippen LogP contribution in [0.5, 0.6) is 5.75 Å². The summed E-state index contributed by atoms with van der Waals surface area (Å²) in [6, 6.07) is 2.05.